The first kappa shape index (κ1) is 18.0. The Labute approximate surface area is 147 Å². The summed E-state index contributed by atoms with van der Waals surface area (Å²) >= 11 is 0. The lowest BCUT2D eigenvalue weighted by molar-refractivity contribution is -0.117. The molecule has 0 saturated heterocycles. The lowest BCUT2D eigenvalue weighted by Gasteiger charge is -2.11. The largest absolute Gasteiger partial charge is 0.378 e. The van der Waals surface area contributed by atoms with E-state index in [2.05, 4.69) is 10.3 Å². The standard InChI is InChI=1S/C20H20N4O/c1-24(2)19-11-9-16(10-12-19)6-5-7-17(14-21)20(25)23-15-18-8-3-4-13-22-18/h3-13H,15H2,1-2H3,(H,23,25). The number of amides is 1. The van der Waals surface area contributed by atoms with Gasteiger partial charge in [-0.1, -0.05) is 30.4 Å². The summed E-state index contributed by atoms with van der Waals surface area (Å²) in [7, 11) is 3.96. The van der Waals surface area contributed by atoms with Gasteiger partial charge in [-0.05, 0) is 35.9 Å². The van der Waals surface area contributed by atoms with Crippen molar-refractivity contribution < 1.29 is 4.79 Å². The molecule has 0 aliphatic carbocycles. The lowest BCUT2D eigenvalue weighted by Crippen LogP contribution is -2.24. The molecule has 2 aromatic rings. The van der Waals surface area contributed by atoms with Crippen LogP contribution < -0.4 is 10.2 Å². The molecule has 5 heteroatoms. The maximum absolute atomic E-state index is 12.0. The van der Waals surface area contributed by atoms with E-state index in [0.717, 1.165) is 16.9 Å². The highest BCUT2D eigenvalue weighted by Gasteiger charge is 2.07. The zero-order valence-electron chi connectivity index (χ0n) is 14.3. The van der Waals surface area contributed by atoms with Crippen molar-refractivity contribution in [3.63, 3.8) is 0 Å². The second-order valence-electron chi connectivity index (χ2n) is 5.54. The molecule has 0 spiro atoms. The van der Waals surface area contributed by atoms with Crippen molar-refractivity contribution in [1.29, 1.82) is 5.26 Å². The third-order valence-electron chi connectivity index (χ3n) is 3.48. The molecule has 1 aromatic carbocycles. The van der Waals surface area contributed by atoms with Gasteiger partial charge in [0.2, 0.25) is 0 Å². The summed E-state index contributed by atoms with van der Waals surface area (Å²) in [5, 5.41) is 11.8. The number of nitriles is 1. The Bertz CT molecular complexity index is 800. The molecule has 1 heterocycles. The molecule has 0 aliphatic heterocycles. The molecule has 0 atom stereocenters. The second-order valence-corrected chi connectivity index (χ2v) is 5.54. The number of aromatic nitrogens is 1. The first-order valence-electron chi connectivity index (χ1n) is 7.84. The third-order valence-corrected chi connectivity index (χ3v) is 3.48. The average Bonchev–Trinajstić information content (AvgIpc) is 2.64. The van der Waals surface area contributed by atoms with Crippen LogP contribution in [0.2, 0.25) is 0 Å². The van der Waals surface area contributed by atoms with E-state index in [1.807, 2.05) is 73.6 Å². The van der Waals surface area contributed by atoms with E-state index in [1.54, 1.807) is 12.3 Å². The van der Waals surface area contributed by atoms with E-state index in [-0.39, 0.29) is 12.1 Å². The number of hydrogen-bond donors (Lipinski definition) is 1. The second kappa shape index (κ2) is 9.04. The topological polar surface area (TPSA) is 69.0 Å². The van der Waals surface area contributed by atoms with Gasteiger partial charge in [-0.25, -0.2) is 0 Å². The van der Waals surface area contributed by atoms with Gasteiger partial charge in [0.15, 0.2) is 0 Å². The summed E-state index contributed by atoms with van der Waals surface area (Å²) in [5.41, 5.74) is 2.90. The van der Waals surface area contributed by atoms with Crippen LogP contribution in [0.3, 0.4) is 0 Å². The molecular weight excluding hydrogens is 312 g/mol. The summed E-state index contributed by atoms with van der Waals surface area (Å²) in [4.78, 5) is 18.2. The Hall–Kier alpha value is -3.39. The number of pyridine rings is 1. The fourth-order valence-corrected chi connectivity index (χ4v) is 2.07. The van der Waals surface area contributed by atoms with Gasteiger partial charge in [-0.3, -0.25) is 9.78 Å². The number of anilines is 1. The van der Waals surface area contributed by atoms with Crippen LogP contribution in [0.5, 0.6) is 0 Å². The van der Waals surface area contributed by atoms with E-state index < -0.39 is 5.91 Å². The predicted octanol–water partition coefficient (Wildman–Crippen LogP) is 2.93. The molecule has 1 aromatic heterocycles. The van der Waals surface area contributed by atoms with Gasteiger partial charge in [-0.2, -0.15) is 5.26 Å². The number of allylic oxidation sites excluding steroid dienone is 2. The predicted molar refractivity (Wildman–Crippen MR) is 99.6 cm³/mol. The van der Waals surface area contributed by atoms with Crippen LogP contribution in [-0.2, 0) is 11.3 Å². The Balaban J connectivity index is 1.96. The van der Waals surface area contributed by atoms with Gasteiger partial charge in [0.25, 0.3) is 5.91 Å². The van der Waals surface area contributed by atoms with Crippen molar-refractivity contribution >= 4 is 17.7 Å². The fraction of sp³-hybridized carbons (Fsp3) is 0.150. The van der Waals surface area contributed by atoms with Crippen LogP contribution in [0.1, 0.15) is 11.3 Å². The maximum Gasteiger partial charge on any atom is 0.262 e. The van der Waals surface area contributed by atoms with Crippen LogP contribution in [0.15, 0.2) is 66.4 Å². The van der Waals surface area contributed by atoms with Crippen LogP contribution >= 0.6 is 0 Å². The third kappa shape index (κ3) is 5.63. The van der Waals surface area contributed by atoms with Crippen molar-refractivity contribution in [3.8, 4) is 6.07 Å². The van der Waals surface area contributed by atoms with Gasteiger partial charge < -0.3 is 10.2 Å². The van der Waals surface area contributed by atoms with Crippen molar-refractivity contribution in [2.45, 2.75) is 6.54 Å². The zero-order chi connectivity index (χ0) is 18.1. The first-order valence-corrected chi connectivity index (χ1v) is 7.84. The summed E-state index contributed by atoms with van der Waals surface area (Å²) in [5.74, 6) is -0.416. The molecule has 0 unspecified atom stereocenters. The van der Waals surface area contributed by atoms with Gasteiger partial charge in [-0.15, -0.1) is 0 Å². The quantitative estimate of drug-likeness (QED) is 0.502. The summed E-state index contributed by atoms with van der Waals surface area (Å²) in [6.07, 6.45) is 6.72. The van der Waals surface area contributed by atoms with Gasteiger partial charge in [0, 0.05) is 26.0 Å². The summed E-state index contributed by atoms with van der Waals surface area (Å²) < 4.78 is 0. The van der Waals surface area contributed by atoms with E-state index in [9.17, 15) is 4.79 Å². The van der Waals surface area contributed by atoms with E-state index in [4.69, 9.17) is 5.26 Å². The van der Waals surface area contributed by atoms with Gasteiger partial charge >= 0.3 is 0 Å². The Morgan fingerprint density at radius 3 is 2.60 bits per heavy atom. The number of hydrogen-bond acceptors (Lipinski definition) is 4. The highest BCUT2D eigenvalue weighted by atomic mass is 16.1. The van der Waals surface area contributed by atoms with E-state index >= 15 is 0 Å². The minimum absolute atomic E-state index is 0.0529. The Morgan fingerprint density at radius 2 is 2.00 bits per heavy atom. The van der Waals surface area contributed by atoms with Crippen molar-refractivity contribution in [2.75, 3.05) is 19.0 Å². The molecule has 1 amide bonds. The van der Waals surface area contributed by atoms with E-state index in [0.29, 0.717) is 0 Å². The monoisotopic (exact) mass is 332 g/mol. The minimum Gasteiger partial charge on any atom is -0.378 e. The smallest absolute Gasteiger partial charge is 0.262 e. The SMILES string of the molecule is CN(C)c1ccc(C=CC=C(C#N)C(=O)NCc2ccccn2)cc1. The van der Waals surface area contributed by atoms with Crippen LogP contribution in [-0.4, -0.2) is 25.0 Å². The molecule has 1 N–H and O–H groups in total. The molecule has 0 fully saturated rings. The highest BCUT2D eigenvalue weighted by molar-refractivity contribution is 5.97. The number of carbonyl (C=O) groups is 1. The molecule has 5 nitrogen and oxygen atoms in total. The fourth-order valence-electron chi connectivity index (χ4n) is 2.07. The molecule has 0 saturated carbocycles. The highest BCUT2D eigenvalue weighted by Crippen LogP contribution is 2.13. The number of nitrogens with zero attached hydrogens (tertiary/aromatic N) is 3. The van der Waals surface area contributed by atoms with Crippen molar-refractivity contribution in [2.24, 2.45) is 0 Å². The van der Waals surface area contributed by atoms with E-state index in [1.165, 1.54) is 6.08 Å². The van der Waals surface area contributed by atoms with Crippen molar-refractivity contribution in [3.05, 3.63) is 77.6 Å². The number of carbonyl (C=O) groups excluding carboxylic acids is 1. The maximum atomic E-state index is 12.0. The molecule has 0 radical (unpaired) electrons. The summed E-state index contributed by atoms with van der Waals surface area (Å²) in [6, 6.07) is 15.4. The Kier molecular flexibility index (Phi) is 6.49. The lowest BCUT2D eigenvalue weighted by atomic mass is 10.1. The molecule has 2 rings (SSSR count). The van der Waals surface area contributed by atoms with Crippen molar-refractivity contribution in [1.82, 2.24) is 10.3 Å². The molecule has 0 bridgehead atoms. The molecule has 126 valence electrons. The normalized spacial score (nSPS) is 11.2. The zero-order valence-corrected chi connectivity index (χ0v) is 14.3. The number of benzene rings is 1. The minimum atomic E-state index is -0.416. The Morgan fingerprint density at radius 1 is 1.24 bits per heavy atom. The van der Waals surface area contributed by atoms with Crippen LogP contribution in [0.25, 0.3) is 6.08 Å². The van der Waals surface area contributed by atoms with Crippen LogP contribution in [0.4, 0.5) is 5.69 Å². The first-order chi connectivity index (χ1) is 12.1. The number of nitrogens with one attached hydrogen (secondary N) is 1. The molecule has 25 heavy (non-hydrogen) atoms. The number of rotatable bonds is 6. The van der Waals surface area contributed by atoms with Gasteiger partial charge in [0.1, 0.15) is 11.6 Å². The molecular formula is C20H20N4O. The molecule has 0 aliphatic rings. The summed E-state index contributed by atoms with van der Waals surface area (Å²) in [6.45, 7) is 0.286. The van der Waals surface area contributed by atoms with Crippen LogP contribution in [0, 0.1) is 11.3 Å². The van der Waals surface area contributed by atoms with Gasteiger partial charge in [0.05, 0.1) is 12.2 Å². The average molecular weight is 332 g/mol.